The highest BCUT2D eigenvalue weighted by molar-refractivity contribution is 4.78. The summed E-state index contributed by atoms with van der Waals surface area (Å²) in [7, 11) is 0. The molecule has 1 rings (SSSR count). The highest BCUT2D eigenvalue weighted by Crippen LogP contribution is 2.12. The first kappa shape index (κ1) is 13.0. The van der Waals surface area contributed by atoms with Gasteiger partial charge in [0.1, 0.15) is 0 Å². The van der Waals surface area contributed by atoms with Crippen molar-refractivity contribution in [2.45, 2.75) is 70.9 Å². The second-order valence-electron chi connectivity index (χ2n) is 4.69. The van der Waals surface area contributed by atoms with Gasteiger partial charge in [-0.15, -0.1) is 0 Å². The van der Waals surface area contributed by atoms with Crippen LogP contribution in [-0.2, 0) is 4.74 Å². The standard InChI is InChI=1S/C13H27NO/c1-3-4-5-6-7-8-10-14-13-9-11-15-12(13)2/h12-14H,3-11H2,1-2H3. The summed E-state index contributed by atoms with van der Waals surface area (Å²) in [5.41, 5.74) is 0. The van der Waals surface area contributed by atoms with Crippen molar-refractivity contribution in [3.8, 4) is 0 Å². The van der Waals surface area contributed by atoms with Gasteiger partial charge >= 0.3 is 0 Å². The average Bonchev–Trinajstić information content (AvgIpc) is 2.63. The molecule has 2 nitrogen and oxygen atoms in total. The Labute approximate surface area is 94.8 Å². The minimum atomic E-state index is 0.421. The number of hydrogen-bond donors (Lipinski definition) is 1. The van der Waals surface area contributed by atoms with Gasteiger partial charge in [-0.3, -0.25) is 0 Å². The van der Waals surface area contributed by atoms with E-state index >= 15 is 0 Å². The molecule has 15 heavy (non-hydrogen) atoms. The van der Waals surface area contributed by atoms with Gasteiger partial charge in [0.25, 0.3) is 0 Å². The Morgan fingerprint density at radius 1 is 1.13 bits per heavy atom. The van der Waals surface area contributed by atoms with Crippen LogP contribution >= 0.6 is 0 Å². The van der Waals surface area contributed by atoms with E-state index in [4.69, 9.17) is 4.74 Å². The lowest BCUT2D eigenvalue weighted by atomic mass is 10.1. The normalized spacial score (nSPS) is 26.0. The first-order chi connectivity index (χ1) is 7.34. The third kappa shape index (κ3) is 5.53. The second kappa shape index (κ2) is 8.12. The van der Waals surface area contributed by atoms with Crippen LogP contribution in [0.3, 0.4) is 0 Å². The number of rotatable bonds is 8. The number of ether oxygens (including phenoxy) is 1. The maximum Gasteiger partial charge on any atom is 0.0700 e. The van der Waals surface area contributed by atoms with E-state index in [0.717, 1.165) is 6.61 Å². The minimum absolute atomic E-state index is 0.421. The van der Waals surface area contributed by atoms with E-state index in [0.29, 0.717) is 12.1 Å². The van der Waals surface area contributed by atoms with E-state index in [2.05, 4.69) is 19.2 Å². The van der Waals surface area contributed by atoms with Gasteiger partial charge in [0, 0.05) is 12.6 Å². The molecular formula is C13H27NO. The molecule has 0 bridgehead atoms. The van der Waals surface area contributed by atoms with Crippen LogP contribution in [-0.4, -0.2) is 25.3 Å². The predicted molar refractivity (Wildman–Crippen MR) is 65.2 cm³/mol. The summed E-state index contributed by atoms with van der Waals surface area (Å²) in [4.78, 5) is 0. The first-order valence-corrected chi connectivity index (χ1v) is 6.69. The predicted octanol–water partition coefficient (Wildman–Crippen LogP) is 3.11. The summed E-state index contributed by atoms with van der Waals surface area (Å²) in [6, 6.07) is 0.612. The molecule has 0 aliphatic carbocycles. The van der Waals surface area contributed by atoms with E-state index < -0.39 is 0 Å². The minimum Gasteiger partial charge on any atom is -0.377 e. The van der Waals surface area contributed by atoms with Crippen molar-refractivity contribution in [3.05, 3.63) is 0 Å². The molecule has 0 radical (unpaired) electrons. The molecule has 0 aromatic carbocycles. The van der Waals surface area contributed by atoms with Crippen molar-refractivity contribution in [3.63, 3.8) is 0 Å². The number of unbranched alkanes of at least 4 members (excludes halogenated alkanes) is 5. The Bertz CT molecular complexity index is 149. The monoisotopic (exact) mass is 213 g/mol. The summed E-state index contributed by atoms with van der Waals surface area (Å²) in [5.74, 6) is 0. The second-order valence-corrected chi connectivity index (χ2v) is 4.69. The molecule has 0 amide bonds. The molecule has 1 aliphatic rings. The Morgan fingerprint density at radius 3 is 2.53 bits per heavy atom. The molecule has 90 valence electrons. The fourth-order valence-electron chi connectivity index (χ4n) is 2.19. The third-order valence-electron chi connectivity index (χ3n) is 3.31. The van der Waals surface area contributed by atoms with Crippen molar-refractivity contribution in [2.24, 2.45) is 0 Å². The smallest absolute Gasteiger partial charge is 0.0700 e. The molecule has 1 aliphatic heterocycles. The van der Waals surface area contributed by atoms with Crippen LogP contribution in [0.2, 0.25) is 0 Å². The first-order valence-electron chi connectivity index (χ1n) is 6.69. The Balaban J connectivity index is 1.84. The Morgan fingerprint density at radius 2 is 1.87 bits per heavy atom. The topological polar surface area (TPSA) is 21.3 Å². The molecule has 1 fully saturated rings. The maximum atomic E-state index is 5.51. The van der Waals surface area contributed by atoms with Crippen LogP contribution in [0, 0.1) is 0 Å². The van der Waals surface area contributed by atoms with Crippen molar-refractivity contribution in [1.82, 2.24) is 5.32 Å². The van der Waals surface area contributed by atoms with Crippen molar-refractivity contribution in [1.29, 1.82) is 0 Å². The summed E-state index contributed by atoms with van der Waals surface area (Å²) < 4.78 is 5.51. The van der Waals surface area contributed by atoms with E-state index in [1.165, 1.54) is 51.5 Å². The molecule has 0 aromatic heterocycles. The van der Waals surface area contributed by atoms with Gasteiger partial charge in [0.15, 0.2) is 0 Å². The van der Waals surface area contributed by atoms with Crippen LogP contribution in [0.1, 0.15) is 58.8 Å². The van der Waals surface area contributed by atoms with Crippen LogP contribution in [0.4, 0.5) is 0 Å². The lowest BCUT2D eigenvalue weighted by Gasteiger charge is -2.15. The summed E-state index contributed by atoms with van der Waals surface area (Å²) in [6.45, 7) is 6.55. The molecule has 1 saturated heterocycles. The number of nitrogens with one attached hydrogen (secondary N) is 1. The Hall–Kier alpha value is -0.0800. The van der Waals surface area contributed by atoms with Gasteiger partial charge in [-0.1, -0.05) is 39.0 Å². The lowest BCUT2D eigenvalue weighted by Crippen LogP contribution is -2.35. The van der Waals surface area contributed by atoms with Gasteiger partial charge < -0.3 is 10.1 Å². The highest BCUT2D eigenvalue weighted by atomic mass is 16.5. The van der Waals surface area contributed by atoms with Gasteiger partial charge in [-0.25, -0.2) is 0 Å². The van der Waals surface area contributed by atoms with Crippen molar-refractivity contribution in [2.75, 3.05) is 13.2 Å². The fraction of sp³-hybridized carbons (Fsp3) is 1.00. The SMILES string of the molecule is CCCCCCCCNC1CCOC1C. The third-order valence-corrected chi connectivity index (χ3v) is 3.31. The van der Waals surface area contributed by atoms with Gasteiger partial charge in [-0.05, 0) is 26.3 Å². The van der Waals surface area contributed by atoms with Crippen LogP contribution < -0.4 is 5.32 Å². The zero-order valence-corrected chi connectivity index (χ0v) is 10.4. The summed E-state index contributed by atoms with van der Waals surface area (Å²) >= 11 is 0. The molecule has 0 spiro atoms. The zero-order valence-electron chi connectivity index (χ0n) is 10.4. The molecule has 2 atom stereocenters. The van der Waals surface area contributed by atoms with Crippen molar-refractivity contribution < 1.29 is 4.74 Å². The molecule has 1 heterocycles. The summed E-state index contributed by atoms with van der Waals surface area (Å²) in [6.07, 6.45) is 9.89. The molecule has 2 unspecified atom stereocenters. The van der Waals surface area contributed by atoms with Crippen molar-refractivity contribution >= 4 is 0 Å². The fourth-order valence-corrected chi connectivity index (χ4v) is 2.19. The van der Waals surface area contributed by atoms with Gasteiger partial charge in [0.05, 0.1) is 6.10 Å². The van der Waals surface area contributed by atoms with E-state index in [9.17, 15) is 0 Å². The van der Waals surface area contributed by atoms with Crippen LogP contribution in [0.5, 0.6) is 0 Å². The molecule has 1 N–H and O–H groups in total. The number of hydrogen-bond acceptors (Lipinski definition) is 2. The van der Waals surface area contributed by atoms with Gasteiger partial charge in [0.2, 0.25) is 0 Å². The quantitative estimate of drug-likeness (QED) is 0.626. The lowest BCUT2D eigenvalue weighted by molar-refractivity contribution is 0.113. The van der Waals surface area contributed by atoms with Crippen LogP contribution in [0.25, 0.3) is 0 Å². The largest absolute Gasteiger partial charge is 0.377 e. The zero-order chi connectivity index (χ0) is 10.9. The maximum absolute atomic E-state index is 5.51. The summed E-state index contributed by atoms with van der Waals surface area (Å²) in [5, 5.41) is 3.60. The Kier molecular flexibility index (Phi) is 7.03. The van der Waals surface area contributed by atoms with Crippen LogP contribution in [0.15, 0.2) is 0 Å². The molecule has 2 heteroatoms. The molecule has 0 aromatic rings. The molecular weight excluding hydrogens is 186 g/mol. The molecule has 0 saturated carbocycles. The van der Waals surface area contributed by atoms with Gasteiger partial charge in [-0.2, -0.15) is 0 Å². The average molecular weight is 213 g/mol. The van der Waals surface area contributed by atoms with E-state index in [-0.39, 0.29) is 0 Å². The highest BCUT2D eigenvalue weighted by Gasteiger charge is 2.22. The van der Waals surface area contributed by atoms with E-state index in [1.807, 2.05) is 0 Å². The van der Waals surface area contributed by atoms with E-state index in [1.54, 1.807) is 0 Å².